The number of anilines is 1. The van der Waals surface area contributed by atoms with E-state index in [1.54, 1.807) is 10.7 Å². The Labute approximate surface area is 177 Å². The number of urea groups is 1. The molecule has 1 saturated carbocycles. The molecule has 1 aliphatic rings. The average Bonchev–Trinajstić information content (AvgIpc) is 3.21. The van der Waals surface area contributed by atoms with Crippen LogP contribution in [0.5, 0.6) is 5.75 Å². The highest BCUT2D eigenvalue weighted by Gasteiger charge is 2.31. The largest absolute Gasteiger partial charge is 0.573 e. The zero-order valence-electron chi connectivity index (χ0n) is 16.8. The molecule has 1 aromatic carbocycles. The van der Waals surface area contributed by atoms with Gasteiger partial charge in [-0.15, -0.1) is 13.2 Å². The third kappa shape index (κ3) is 5.48. The lowest BCUT2D eigenvalue weighted by molar-refractivity contribution is -0.274. The van der Waals surface area contributed by atoms with Crippen LogP contribution in [0.3, 0.4) is 0 Å². The van der Waals surface area contributed by atoms with Gasteiger partial charge in [0.25, 0.3) is 0 Å². The second kappa shape index (κ2) is 8.87. The van der Waals surface area contributed by atoms with Gasteiger partial charge in [0.2, 0.25) is 0 Å². The number of carbonyl (C=O) groups excluding carboxylic acids is 1. The molecule has 0 radical (unpaired) electrons. The van der Waals surface area contributed by atoms with Crippen LogP contribution in [0.25, 0.3) is 5.52 Å². The van der Waals surface area contributed by atoms with Crippen LogP contribution in [-0.4, -0.2) is 32.9 Å². The first-order chi connectivity index (χ1) is 14.9. The number of amides is 2. The van der Waals surface area contributed by atoms with Crippen molar-refractivity contribution in [2.45, 2.75) is 51.1 Å². The number of hydrogen-bond donors (Lipinski definition) is 1. The van der Waals surface area contributed by atoms with E-state index in [0.717, 1.165) is 43.2 Å². The van der Waals surface area contributed by atoms with E-state index in [2.05, 4.69) is 15.2 Å². The fourth-order valence-corrected chi connectivity index (χ4v) is 3.96. The van der Waals surface area contributed by atoms with Crippen molar-refractivity contribution < 1.29 is 22.7 Å². The van der Waals surface area contributed by atoms with Crippen molar-refractivity contribution in [2.75, 3.05) is 5.32 Å². The molecular weight excluding hydrogens is 409 g/mol. The van der Waals surface area contributed by atoms with Gasteiger partial charge in [-0.3, -0.25) is 0 Å². The van der Waals surface area contributed by atoms with E-state index in [-0.39, 0.29) is 17.8 Å². The molecule has 2 aromatic heterocycles. The van der Waals surface area contributed by atoms with Crippen LogP contribution in [0.2, 0.25) is 0 Å². The lowest BCUT2D eigenvalue weighted by atomic mass is 9.94. The molecule has 0 unspecified atom stereocenters. The fraction of sp³-hybridized carbons (Fsp3) is 0.364. The van der Waals surface area contributed by atoms with Gasteiger partial charge >= 0.3 is 12.4 Å². The molecular formula is C22H23F3N4O2. The highest BCUT2D eigenvalue weighted by Crippen LogP contribution is 2.27. The Kier molecular flexibility index (Phi) is 6.01. The monoisotopic (exact) mass is 432 g/mol. The molecule has 0 atom stereocenters. The second-order valence-electron chi connectivity index (χ2n) is 7.66. The fourth-order valence-electron chi connectivity index (χ4n) is 3.96. The summed E-state index contributed by atoms with van der Waals surface area (Å²) >= 11 is 0. The number of nitrogens with zero attached hydrogens (tertiary/aromatic N) is 3. The number of alkyl halides is 3. The molecule has 0 spiro atoms. The predicted molar refractivity (Wildman–Crippen MR) is 110 cm³/mol. The average molecular weight is 432 g/mol. The van der Waals surface area contributed by atoms with Crippen LogP contribution in [-0.2, 0) is 6.54 Å². The normalized spacial score (nSPS) is 15.1. The Hall–Kier alpha value is -3.23. The van der Waals surface area contributed by atoms with Crippen molar-refractivity contribution >= 4 is 17.2 Å². The maximum Gasteiger partial charge on any atom is 0.573 e. The number of rotatable bonds is 5. The first-order valence-electron chi connectivity index (χ1n) is 10.2. The third-order valence-corrected chi connectivity index (χ3v) is 5.43. The molecule has 164 valence electrons. The van der Waals surface area contributed by atoms with E-state index in [9.17, 15) is 18.0 Å². The maximum atomic E-state index is 13.1. The van der Waals surface area contributed by atoms with Crippen LogP contribution in [0.15, 0.2) is 54.9 Å². The summed E-state index contributed by atoms with van der Waals surface area (Å²) in [6.07, 6.45) is 3.99. The molecule has 6 nitrogen and oxygen atoms in total. The van der Waals surface area contributed by atoms with Crippen molar-refractivity contribution in [3.8, 4) is 5.75 Å². The van der Waals surface area contributed by atoms with E-state index in [1.807, 2.05) is 29.3 Å². The molecule has 0 aliphatic heterocycles. The van der Waals surface area contributed by atoms with Gasteiger partial charge in [0.1, 0.15) is 5.75 Å². The summed E-state index contributed by atoms with van der Waals surface area (Å²) in [5.41, 5.74) is 2.34. The summed E-state index contributed by atoms with van der Waals surface area (Å²) < 4.78 is 42.7. The van der Waals surface area contributed by atoms with Crippen molar-refractivity contribution in [2.24, 2.45) is 0 Å². The van der Waals surface area contributed by atoms with Crippen molar-refractivity contribution in [1.82, 2.24) is 14.5 Å². The van der Waals surface area contributed by atoms with Crippen molar-refractivity contribution in [1.29, 1.82) is 0 Å². The van der Waals surface area contributed by atoms with Gasteiger partial charge in [-0.25, -0.2) is 9.31 Å². The number of ether oxygens (including phenoxy) is 1. The van der Waals surface area contributed by atoms with E-state index in [0.29, 0.717) is 12.2 Å². The molecule has 3 aromatic rings. The number of hydrogen-bond acceptors (Lipinski definition) is 3. The van der Waals surface area contributed by atoms with E-state index in [1.165, 1.54) is 24.3 Å². The minimum Gasteiger partial charge on any atom is -0.406 e. The van der Waals surface area contributed by atoms with Crippen LogP contribution in [0.1, 0.15) is 37.7 Å². The number of fused-ring (bicyclic) bond motifs is 1. The standard InChI is InChI=1S/C22H23F3N4O2/c23-22(24,25)31-20-8-6-17(7-9-20)27-21(30)28(18-4-2-1-3-5-18)15-16-11-13-29-19(14-16)10-12-26-29/h6-14,18H,1-5,15H2,(H,27,30). The summed E-state index contributed by atoms with van der Waals surface area (Å²) in [6, 6.07) is 10.8. The summed E-state index contributed by atoms with van der Waals surface area (Å²) in [7, 11) is 0. The zero-order chi connectivity index (χ0) is 21.8. The molecule has 1 N–H and O–H groups in total. The van der Waals surface area contributed by atoms with Gasteiger partial charge in [0.05, 0.1) is 5.52 Å². The van der Waals surface area contributed by atoms with Crippen LogP contribution in [0.4, 0.5) is 23.7 Å². The quantitative estimate of drug-likeness (QED) is 0.571. The minimum atomic E-state index is -4.75. The van der Waals surface area contributed by atoms with Crippen molar-refractivity contribution in [3.63, 3.8) is 0 Å². The van der Waals surface area contributed by atoms with Gasteiger partial charge in [0.15, 0.2) is 0 Å². The lowest BCUT2D eigenvalue weighted by Crippen LogP contribution is -2.43. The topological polar surface area (TPSA) is 58.9 Å². The molecule has 4 rings (SSSR count). The third-order valence-electron chi connectivity index (χ3n) is 5.43. The van der Waals surface area contributed by atoms with Crippen LogP contribution >= 0.6 is 0 Å². The second-order valence-corrected chi connectivity index (χ2v) is 7.66. The first-order valence-corrected chi connectivity index (χ1v) is 10.2. The smallest absolute Gasteiger partial charge is 0.406 e. The number of halogens is 3. The molecule has 31 heavy (non-hydrogen) atoms. The van der Waals surface area contributed by atoms with Crippen LogP contribution < -0.4 is 10.1 Å². The molecule has 1 aliphatic carbocycles. The molecule has 0 saturated heterocycles. The Balaban J connectivity index is 1.49. The molecule has 2 amide bonds. The lowest BCUT2D eigenvalue weighted by Gasteiger charge is -2.34. The SMILES string of the molecule is O=C(Nc1ccc(OC(F)(F)F)cc1)N(Cc1ccn2nccc2c1)C1CCCCC1. The van der Waals surface area contributed by atoms with E-state index in [4.69, 9.17) is 0 Å². The van der Waals surface area contributed by atoms with E-state index >= 15 is 0 Å². The number of nitrogens with one attached hydrogen (secondary N) is 1. The maximum absolute atomic E-state index is 13.1. The van der Waals surface area contributed by atoms with Gasteiger partial charge in [0, 0.05) is 30.7 Å². The van der Waals surface area contributed by atoms with Gasteiger partial charge < -0.3 is 15.0 Å². The van der Waals surface area contributed by atoms with Gasteiger partial charge in [-0.2, -0.15) is 5.10 Å². The number of carbonyl (C=O) groups is 1. The first kappa shape index (κ1) is 21.0. The number of pyridine rings is 1. The Morgan fingerprint density at radius 2 is 1.87 bits per heavy atom. The Bertz CT molecular complexity index is 1030. The van der Waals surface area contributed by atoms with Gasteiger partial charge in [-0.1, -0.05) is 19.3 Å². The molecule has 9 heteroatoms. The Morgan fingerprint density at radius 1 is 1.13 bits per heavy atom. The highest BCUT2D eigenvalue weighted by atomic mass is 19.4. The zero-order valence-corrected chi connectivity index (χ0v) is 16.8. The minimum absolute atomic E-state index is 0.114. The van der Waals surface area contributed by atoms with E-state index < -0.39 is 6.36 Å². The summed E-state index contributed by atoms with van der Waals surface area (Å²) in [6.45, 7) is 0.438. The summed E-state index contributed by atoms with van der Waals surface area (Å²) in [4.78, 5) is 15.0. The number of aromatic nitrogens is 2. The van der Waals surface area contributed by atoms with Crippen LogP contribution in [0, 0.1) is 0 Å². The summed E-state index contributed by atoms with van der Waals surface area (Å²) in [5, 5.41) is 7.01. The summed E-state index contributed by atoms with van der Waals surface area (Å²) in [5.74, 6) is -0.330. The predicted octanol–water partition coefficient (Wildman–Crippen LogP) is 5.60. The highest BCUT2D eigenvalue weighted by molar-refractivity contribution is 5.89. The molecule has 2 heterocycles. The van der Waals surface area contributed by atoms with Gasteiger partial charge in [-0.05, 0) is 60.9 Å². The Morgan fingerprint density at radius 3 is 2.58 bits per heavy atom. The molecule has 0 bridgehead atoms. The molecule has 1 fully saturated rings. The number of benzene rings is 1. The van der Waals surface area contributed by atoms with Crippen molar-refractivity contribution in [3.05, 3.63) is 60.4 Å².